The highest BCUT2D eigenvalue weighted by molar-refractivity contribution is 6.18. The zero-order chi connectivity index (χ0) is 13.0. The Labute approximate surface area is 115 Å². The molecule has 4 heteroatoms. The largest absolute Gasteiger partial charge is 0.383 e. The zero-order valence-electron chi connectivity index (χ0n) is 11.2. The van der Waals surface area contributed by atoms with E-state index in [0.717, 1.165) is 18.3 Å². The third kappa shape index (κ3) is 3.39. The van der Waals surface area contributed by atoms with E-state index >= 15 is 0 Å². The minimum Gasteiger partial charge on any atom is -0.383 e. The highest BCUT2D eigenvalue weighted by atomic mass is 35.5. The second-order valence-electron chi connectivity index (χ2n) is 5.70. The second-order valence-corrected chi connectivity index (χ2v) is 6.08. The number of hydrogen-bond donors (Lipinski definition) is 0. The molecule has 2 aliphatic rings. The van der Waals surface area contributed by atoms with E-state index in [1.54, 1.807) is 7.11 Å². The van der Waals surface area contributed by atoms with Gasteiger partial charge in [0, 0.05) is 32.5 Å². The summed E-state index contributed by atoms with van der Waals surface area (Å²) in [6.45, 7) is 1.91. The van der Waals surface area contributed by atoms with Crippen molar-refractivity contribution in [3.8, 4) is 0 Å². The lowest BCUT2D eigenvalue weighted by molar-refractivity contribution is -0.133. The van der Waals surface area contributed by atoms with Gasteiger partial charge in [0.15, 0.2) is 0 Å². The molecule has 2 saturated carbocycles. The van der Waals surface area contributed by atoms with E-state index < -0.39 is 0 Å². The quantitative estimate of drug-likeness (QED) is 0.667. The molecular weight excluding hydrogens is 250 g/mol. The first kappa shape index (κ1) is 14.1. The summed E-state index contributed by atoms with van der Waals surface area (Å²) in [6, 6.07) is 0. The van der Waals surface area contributed by atoms with Crippen molar-refractivity contribution in [2.24, 2.45) is 17.8 Å². The first-order valence-corrected chi connectivity index (χ1v) is 7.60. The maximum Gasteiger partial charge on any atom is 0.222 e. The maximum absolute atomic E-state index is 12.3. The van der Waals surface area contributed by atoms with E-state index in [1.165, 1.54) is 25.7 Å². The number of nitrogens with zero attached hydrogens (tertiary/aromatic N) is 1. The number of rotatable bonds is 7. The van der Waals surface area contributed by atoms with Crippen molar-refractivity contribution in [3.05, 3.63) is 0 Å². The van der Waals surface area contributed by atoms with E-state index in [2.05, 4.69) is 0 Å². The van der Waals surface area contributed by atoms with Gasteiger partial charge in [0.1, 0.15) is 0 Å². The summed E-state index contributed by atoms with van der Waals surface area (Å²) in [5.74, 6) is 3.14. The van der Waals surface area contributed by atoms with Gasteiger partial charge in [0.25, 0.3) is 0 Å². The standard InChI is InChI=1S/C14H24ClNO2/c1-18-7-6-16(5-4-15)14(17)10-13-9-11-2-3-12(13)8-11/h11-13H,2-10H2,1H3. The lowest BCUT2D eigenvalue weighted by Gasteiger charge is -2.26. The minimum atomic E-state index is 0.269. The molecule has 0 spiro atoms. The van der Waals surface area contributed by atoms with Crippen LogP contribution in [0.4, 0.5) is 0 Å². The summed E-state index contributed by atoms with van der Waals surface area (Å²) in [7, 11) is 1.67. The summed E-state index contributed by atoms with van der Waals surface area (Å²) < 4.78 is 5.05. The van der Waals surface area contributed by atoms with Crippen LogP contribution in [0.25, 0.3) is 0 Å². The molecule has 3 atom stereocenters. The molecule has 0 radical (unpaired) electrons. The molecule has 104 valence electrons. The fourth-order valence-corrected chi connectivity index (χ4v) is 3.85. The number of ether oxygens (including phenoxy) is 1. The highest BCUT2D eigenvalue weighted by Gasteiger charge is 2.40. The van der Waals surface area contributed by atoms with E-state index in [1.807, 2.05) is 4.90 Å². The molecule has 2 bridgehead atoms. The first-order chi connectivity index (χ1) is 8.74. The molecule has 0 saturated heterocycles. The predicted molar refractivity (Wildman–Crippen MR) is 72.7 cm³/mol. The van der Waals surface area contributed by atoms with Crippen LogP contribution in [0.3, 0.4) is 0 Å². The molecule has 2 fully saturated rings. The van der Waals surface area contributed by atoms with Gasteiger partial charge in [0.2, 0.25) is 5.91 Å². The van der Waals surface area contributed by atoms with Crippen LogP contribution in [0, 0.1) is 17.8 Å². The topological polar surface area (TPSA) is 29.5 Å². The number of fused-ring (bicyclic) bond motifs is 2. The van der Waals surface area contributed by atoms with Crippen LogP contribution in [0.2, 0.25) is 0 Å². The van der Waals surface area contributed by atoms with E-state index in [9.17, 15) is 4.79 Å². The minimum absolute atomic E-state index is 0.269. The third-order valence-electron chi connectivity index (χ3n) is 4.59. The van der Waals surface area contributed by atoms with Crippen LogP contribution < -0.4 is 0 Å². The Hall–Kier alpha value is -0.280. The van der Waals surface area contributed by atoms with Crippen molar-refractivity contribution in [2.45, 2.75) is 32.1 Å². The summed E-state index contributed by atoms with van der Waals surface area (Å²) >= 11 is 5.76. The molecule has 0 aliphatic heterocycles. The molecule has 3 unspecified atom stereocenters. The van der Waals surface area contributed by atoms with E-state index in [4.69, 9.17) is 16.3 Å². The normalized spacial score (nSPS) is 29.8. The first-order valence-electron chi connectivity index (χ1n) is 7.07. The van der Waals surface area contributed by atoms with Crippen LogP contribution >= 0.6 is 11.6 Å². The average molecular weight is 274 g/mol. The summed E-state index contributed by atoms with van der Waals surface area (Å²) in [5, 5.41) is 0. The highest BCUT2D eigenvalue weighted by Crippen LogP contribution is 2.49. The number of carbonyl (C=O) groups excluding carboxylic acids is 1. The number of halogens is 1. The second kappa shape index (κ2) is 6.76. The molecule has 0 aromatic carbocycles. The summed E-state index contributed by atoms with van der Waals surface area (Å²) in [6.07, 6.45) is 6.10. The van der Waals surface area contributed by atoms with Crippen molar-refractivity contribution in [3.63, 3.8) is 0 Å². The number of amides is 1. The zero-order valence-corrected chi connectivity index (χ0v) is 12.0. The Bertz CT molecular complexity index is 285. The SMILES string of the molecule is COCCN(CCCl)C(=O)CC1CC2CCC1C2. The Kier molecular flexibility index (Phi) is 5.31. The number of carbonyl (C=O) groups is 1. The number of alkyl halides is 1. The van der Waals surface area contributed by atoms with Crippen LogP contribution in [0.15, 0.2) is 0 Å². The van der Waals surface area contributed by atoms with Gasteiger partial charge in [-0.3, -0.25) is 4.79 Å². The molecule has 18 heavy (non-hydrogen) atoms. The Morgan fingerprint density at radius 3 is 2.72 bits per heavy atom. The number of methoxy groups -OCH3 is 1. The predicted octanol–water partition coefficient (Wildman–Crippen LogP) is 2.53. The van der Waals surface area contributed by atoms with Crippen LogP contribution in [0.5, 0.6) is 0 Å². The van der Waals surface area contributed by atoms with Gasteiger partial charge in [-0.1, -0.05) is 6.42 Å². The lowest BCUT2D eigenvalue weighted by atomic mass is 9.86. The van der Waals surface area contributed by atoms with Crippen molar-refractivity contribution < 1.29 is 9.53 Å². The van der Waals surface area contributed by atoms with E-state index in [-0.39, 0.29) is 5.91 Å². The van der Waals surface area contributed by atoms with Gasteiger partial charge < -0.3 is 9.64 Å². The van der Waals surface area contributed by atoms with E-state index in [0.29, 0.717) is 31.5 Å². The fourth-order valence-electron chi connectivity index (χ4n) is 3.64. The molecule has 2 rings (SSSR count). The van der Waals surface area contributed by atoms with Crippen molar-refractivity contribution in [1.82, 2.24) is 4.90 Å². The molecule has 0 aromatic rings. The van der Waals surface area contributed by atoms with Crippen molar-refractivity contribution in [1.29, 1.82) is 0 Å². The number of hydrogen-bond acceptors (Lipinski definition) is 2. The van der Waals surface area contributed by atoms with Gasteiger partial charge in [-0.15, -0.1) is 11.6 Å². The van der Waals surface area contributed by atoms with Crippen LogP contribution in [0.1, 0.15) is 32.1 Å². The molecule has 0 N–H and O–H groups in total. The van der Waals surface area contributed by atoms with Gasteiger partial charge in [-0.05, 0) is 37.0 Å². The third-order valence-corrected chi connectivity index (χ3v) is 4.76. The molecule has 0 aromatic heterocycles. The molecule has 1 amide bonds. The van der Waals surface area contributed by atoms with Crippen LogP contribution in [-0.4, -0.2) is 43.5 Å². The fraction of sp³-hybridized carbons (Fsp3) is 0.929. The van der Waals surface area contributed by atoms with Crippen LogP contribution in [-0.2, 0) is 9.53 Å². The van der Waals surface area contributed by atoms with Gasteiger partial charge in [0.05, 0.1) is 6.61 Å². The van der Waals surface area contributed by atoms with Crippen molar-refractivity contribution >= 4 is 17.5 Å². The Morgan fingerprint density at radius 2 is 2.17 bits per heavy atom. The lowest BCUT2D eigenvalue weighted by Crippen LogP contribution is -2.37. The summed E-state index contributed by atoms with van der Waals surface area (Å²) in [5.41, 5.74) is 0. The van der Waals surface area contributed by atoms with Gasteiger partial charge in [-0.2, -0.15) is 0 Å². The van der Waals surface area contributed by atoms with Crippen molar-refractivity contribution in [2.75, 3.05) is 32.7 Å². The molecule has 2 aliphatic carbocycles. The molecular formula is C14H24ClNO2. The average Bonchev–Trinajstić information content (AvgIpc) is 2.96. The molecule has 3 nitrogen and oxygen atoms in total. The van der Waals surface area contributed by atoms with Gasteiger partial charge >= 0.3 is 0 Å². The monoisotopic (exact) mass is 273 g/mol. The summed E-state index contributed by atoms with van der Waals surface area (Å²) in [4.78, 5) is 14.1. The smallest absolute Gasteiger partial charge is 0.222 e. The van der Waals surface area contributed by atoms with Gasteiger partial charge in [-0.25, -0.2) is 0 Å². The Morgan fingerprint density at radius 1 is 1.33 bits per heavy atom. The molecule has 0 heterocycles. The maximum atomic E-state index is 12.3. The Balaban J connectivity index is 1.80.